The lowest BCUT2D eigenvalue weighted by atomic mass is 9.99. The first-order valence-electron chi connectivity index (χ1n) is 8.21. The van der Waals surface area contributed by atoms with E-state index >= 15 is 0 Å². The SMILES string of the molecule is CCc1ccc(C2=NN(C(=O)c3cccc(Br)c3)[C@@](O)(C(F)(F)F)C2)cc1. The average Bonchev–Trinajstić information content (AvgIpc) is 3.00. The Labute approximate surface area is 162 Å². The lowest BCUT2D eigenvalue weighted by Gasteiger charge is -2.32. The van der Waals surface area contributed by atoms with E-state index in [9.17, 15) is 23.1 Å². The zero-order valence-corrected chi connectivity index (χ0v) is 15.9. The number of aliphatic hydroxyl groups is 1. The number of nitrogens with zero attached hydrogens (tertiary/aromatic N) is 2. The lowest BCUT2D eigenvalue weighted by Crippen LogP contribution is -2.56. The van der Waals surface area contributed by atoms with Crippen LogP contribution in [0.1, 0.15) is 34.8 Å². The Morgan fingerprint density at radius 3 is 2.48 bits per heavy atom. The van der Waals surface area contributed by atoms with Gasteiger partial charge in [-0.3, -0.25) is 4.79 Å². The number of rotatable bonds is 3. The number of alkyl halides is 3. The van der Waals surface area contributed by atoms with Crippen molar-refractivity contribution in [3.63, 3.8) is 0 Å². The molecular formula is C19H16BrF3N2O2. The number of hydrogen-bond donors (Lipinski definition) is 1. The normalized spacial score (nSPS) is 19.9. The largest absolute Gasteiger partial charge is 0.438 e. The van der Waals surface area contributed by atoms with Gasteiger partial charge in [0, 0.05) is 10.0 Å². The first kappa shape index (κ1) is 19.6. The molecule has 3 rings (SSSR count). The van der Waals surface area contributed by atoms with Gasteiger partial charge < -0.3 is 5.11 Å². The van der Waals surface area contributed by atoms with Crippen LogP contribution in [0.15, 0.2) is 58.1 Å². The Morgan fingerprint density at radius 2 is 1.93 bits per heavy atom. The number of aryl methyl sites for hydroxylation is 1. The predicted molar refractivity (Wildman–Crippen MR) is 98.3 cm³/mol. The van der Waals surface area contributed by atoms with E-state index in [-0.39, 0.29) is 16.3 Å². The van der Waals surface area contributed by atoms with Crippen molar-refractivity contribution in [1.82, 2.24) is 5.01 Å². The summed E-state index contributed by atoms with van der Waals surface area (Å²) in [6.45, 7) is 1.96. The van der Waals surface area contributed by atoms with E-state index in [0.29, 0.717) is 10.0 Å². The van der Waals surface area contributed by atoms with Crippen LogP contribution in [0.4, 0.5) is 13.2 Å². The van der Waals surface area contributed by atoms with E-state index in [1.54, 1.807) is 30.3 Å². The Hall–Kier alpha value is -2.19. The molecule has 1 heterocycles. The molecule has 142 valence electrons. The third-order valence-electron chi connectivity index (χ3n) is 4.40. The minimum absolute atomic E-state index is 0.000764. The summed E-state index contributed by atoms with van der Waals surface area (Å²) in [4.78, 5) is 12.7. The summed E-state index contributed by atoms with van der Waals surface area (Å²) in [5.74, 6) is -1.03. The molecule has 27 heavy (non-hydrogen) atoms. The van der Waals surface area contributed by atoms with Crippen molar-refractivity contribution >= 4 is 27.5 Å². The highest BCUT2D eigenvalue weighted by Crippen LogP contribution is 2.42. The zero-order valence-electron chi connectivity index (χ0n) is 14.3. The van der Waals surface area contributed by atoms with Crippen LogP contribution in [0.25, 0.3) is 0 Å². The molecule has 1 amide bonds. The van der Waals surface area contributed by atoms with Crippen LogP contribution in [0.5, 0.6) is 0 Å². The molecule has 0 saturated carbocycles. The molecule has 0 bridgehead atoms. The maximum atomic E-state index is 13.6. The van der Waals surface area contributed by atoms with Crippen molar-refractivity contribution in [3.05, 3.63) is 69.7 Å². The summed E-state index contributed by atoms with van der Waals surface area (Å²) >= 11 is 3.18. The van der Waals surface area contributed by atoms with E-state index in [2.05, 4.69) is 21.0 Å². The van der Waals surface area contributed by atoms with E-state index in [0.717, 1.165) is 12.0 Å². The molecule has 0 fully saturated rings. The Bertz CT molecular complexity index is 897. The number of carbonyl (C=O) groups excluding carboxylic acids is 1. The maximum absolute atomic E-state index is 13.6. The summed E-state index contributed by atoms with van der Waals surface area (Å²) in [5, 5.41) is 14.4. The third kappa shape index (κ3) is 3.64. The summed E-state index contributed by atoms with van der Waals surface area (Å²) in [6.07, 6.45) is -5.11. The zero-order chi connectivity index (χ0) is 19.8. The van der Waals surface area contributed by atoms with Crippen molar-refractivity contribution in [2.75, 3.05) is 0 Å². The third-order valence-corrected chi connectivity index (χ3v) is 4.89. The molecule has 2 aromatic rings. The molecule has 2 aromatic carbocycles. The van der Waals surface area contributed by atoms with E-state index < -0.39 is 24.2 Å². The van der Waals surface area contributed by atoms with Gasteiger partial charge in [-0.2, -0.15) is 23.3 Å². The van der Waals surface area contributed by atoms with Crippen LogP contribution in [-0.2, 0) is 6.42 Å². The first-order valence-corrected chi connectivity index (χ1v) is 9.01. The van der Waals surface area contributed by atoms with Gasteiger partial charge in [0.2, 0.25) is 0 Å². The summed E-state index contributed by atoms with van der Waals surface area (Å²) in [5.41, 5.74) is -1.96. The highest BCUT2D eigenvalue weighted by Gasteiger charge is 2.63. The van der Waals surface area contributed by atoms with E-state index in [4.69, 9.17) is 0 Å². The Morgan fingerprint density at radius 1 is 1.26 bits per heavy atom. The van der Waals surface area contributed by atoms with Crippen LogP contribution in [0, 0.1) is 0 Å². The quantitative estimate of drug-likeness (QED) is 0.762. The Kier molecular flexibility index (Phi) is 5.14. The number of hydrogen-bond acceptors (Lipinski definition) is 3. The van der Waals surface area contributed by atoms with Crippen molar-refractivity contribution in [2.45, 2.75) is 31.7 Å². The van der Waals surface area contributed by atoms with Crippen molar-refractivity contribution in [2.24, 2.45) is 5.10 Å². The molecule has 1 aliphatic heterocycles. The van der Waals surface area contributed by atoms with Crippen LogP contribution in [-0.4, -0.2) is 33.6 Å². The van der Waals surface area contributed by atoms with Gasteiger partial charge in [-0.15, -0.1) is 0 Å². The smallest absolute Gasteiger partial charge is 0.362 e. The molecular weight excluding hydrogens is 425 g/mol. The minimum Gasteiger partial charge on any atom is -0.362 e. The molecule has 0 aliphatic carbocycles. The van der Waals surface area contributed by atoms with Gasteiger partial charge in [0.15, 0.2) is 0 Å². The molecule has 8 heteroatoms. The van der Waals surface area contributed by atoms with Gasteiger partial charge in [-0.05, 0) is 35.7 Å². The van der Waals surface area contributed by atoms with Crippen molar-refractivity contribution in [3.8, 4) is 0 Å². The Balaban J connectivity index is 2.03. The van der Waals surface area contributed by atoms with Crippen LogP contribution >= 0.6 is 15.9 Å². The molecule has 1 aliphatic rings. The molecule has 0 saturated heterocycles. The molecule has 0 radical (unpaired) electrons. The summed E-state index contributed by atoms with van der Waals surface area (Å²) in [6, 6.07) is 12.8. The van der Waals surface area contributed by atoms with Crippen molar-refractivity contribution < 1.29 is 23.1 Å². The lowest BCUT2D eigenvalue weighted by molar-refractivity contribution is -0.297. The monoisotopic (exact) mass is 440 g/mol. The molecule has 1 atom stereocenters. The van der Waals surface area contributed by atoms with Gasteiger partial charge in [-0.1, -0.05) is 53.2 Å². The molecule has 0 aromatic heterocycles. The average molecular weight is 441 g/mol. The van der Waals surface area contributed by atoms with Gasteiger partial charge in [0.25, 0.3) is 11.6 Å². The van der Waals surface area contributed by atoms with Gasteiger partial charge in [0.1, 0.15) is 0 Å². The van der Waals surface area contributed by atoms with Crippen molar-refractivity contribution in [1.29, 1.82) is 0 Å². The fourth-order valence-electron chi connectivity index (χ4n) is 2.82. The molecule has 4 nitrogen and oxygen atoms in total. The second-order valence-corrected chi connectivity index (χ2v) is 7.13. The summed E-state index contributed by atoms with van der Waals surface area (Å²) < 4.78 is 41.4. The highest BCUT2D eigenvalue weighted by atomic mass is 79.9. The second-order valence-electron chi connectivity index (χ2n) is 6.22. The van der Waals surface area contributed by atoms with Crippen LogP contribution in [0.2, 0.25) is 0 Å². The van der Waals surface area contributed by atoms with E-state index in [1.807, 2.05) is 6.92 Å². The number of carbonyl (C=O) groups is 1. The fourth-order valence-corrected chi connectivity index (χ4v) is 3.22. The standard InChI is InChI=1S/C19H16BrF3N2O2/c1-2-12-6-8-13(9-7-12)16-11-18(27,19(21,22)23)25(24-16)17(26)14-4-3-5-15(20)10-14/h3-10,27H,2,11H2,1H3/t18-/m0/s1. The molecule has 0 unspecified atom stereocenters. The number of benzene rings is 2. The minimum atomic E-state index is -5.07. The van der Waals surface area contributed by atoms with Crippen LogP contribution in [0.3, 0.4) is 0 Å². The fraction of sp³-hybridized carbons (Fsp3) is 0.263. The number of amides is 1. The summed E-state index contributed by atoms with van der Waals surface area (Å²) in [7, 11) is 0. The topological polar surface area (TPSA) is 52.9 Å². The second kappa shape index (κ2) is 7.09. The molecule has 0 spiro atoms. The van der Waals surface area contributed by atoms with Gasteiger partial charge in [0.05, 0.1) is 12.1 Å². The highest BCUT2D eigenvalue weighted by molar-refractivity contribution is 9.10. The first-order chi connectivity index (χ1) is 12.7. The van der Waals surface area contributed by atoms with Gasteiger partial charge >= 0.3 is 6.18 Å². The van der Waals surface area contributed by atoms with Crippen LogP contribution < -0.4 is 0 Å². The number of halogens is 4. The maximum Gasteiger partial charge on any atom is 0.438 e. The van der Waals surface area contributed by atoms with E-state index in [1.165, 1.54) is 18.2 Å². The molecule has 1 N–H and O–H groups in total. The number of hydrazone groups is 1. The predicted octanol–water partition coefficient (Wildman–Crippen LogP) is 4.51. The van der Waals surface area contributed by atoms with Gasteiger partial charge in [-0.25, -0.2) is 0 Å².